The molecular weight excluding hydrogens is 685 g/mol. The SMILES string of the molecule is c1ccc(-c2cc(-c3ccccc3)nc(-c3cccc(-c4cccc5oc6cc(-c7cccc8c9cccc%10oc%11cccc(c78)c%11c%109)ccc6c45)c3)n2)cc1. The molecule has 3 aromatic heterocycles. The maximum Gasteiger partial charge on any atom is 0.160 e. The Labute approximate surface area is 321 Å². The van der Waals surface area contributed by atoms with Gasteiger partial charge in [-0.2, -0.15) is 0 Å². The molecule has 12 rings (SSSR count). The molecule has 0 saturated heterocycles. The molecule has 9 aromatic carbocycles. The van der Waals surface area contributed by atoms with Crippen LogP contribution < -0.4 is 0 Å². The van der Waals surface area contributed by atoms with Crippen molar-refractivity contribution in [2.45, 2.75) is 0 Å². The van der Waals surface area contributed by atoms with Gasteiger partial charge in [0, 0.05) is 38.2 Å². The molecule has 0 N–H and O–H groups in total. The molecule has 0 fully saturated rings. The number of benzene rings is 9. The zero-order valence-corrected chi connectivity index (χ0v) is 30.0. The number of nitrogens with zero attached hydrogens (tertiary/aromatic N) is 2. The predicted molar refractivity (Wildman–Crippen MR) is 230 cm³/mol. The molecule has 0 saturated carbocycles. The maximum atomic E-state index is 6.67. The summed E-state index contributed by atoms with van der Waals surface area (Å²) in [6.07, 6.45) is 0. The molecule has 0 unspecified atom stereocenters. The highest BCUT2D eigenvalue weighted by molar-refractivity contribution is 6.35. The van der Waals surface area contributed by atoms with Crippen molar-refractivity contribution in [3.63, 3.8) is 0 Å². The molecule has 0 aliphatic carbocycles. The Bertz CT molecular complexity index is 3410. The van der Waals surface area contributed by atoms with Crippen molar-refractivity contribution < 1.29 is 8.83 Å². The fraction of sp³-hybridized carbons (Fsp3) is 0. The molecule has 4 heteroatoms. The van der Waals surface area contributed by atoms with Gasteiger partial charge in [0.05, 0.1) is 11.4 Å². The largest absolute Gasteiger partial charge is 0.456 e. The van der Waals surface area contributed by atoms with Crippen LogP contribution in [0.15, 0.2) is 191 Å². The summed E-state index contributed by atoms with van der Waals surface area (Å²) in [5.41, 5.74) is 12.8. The Kier molecular flexibility index (Phi) is 6.60. The van der Waals surface area contributed by atoms with Crippen LogP contribution in [0, 0.1) is 0 Å². The molecular formula is C52H30N2O2. The Morgan fingerprint density at radius 3 is 1.50 bits per heavy atom. The Balaban J connectivity index is 1.01. The first-order chi connectivity index (χ1) is 27.7. The number of hydrogen-bond acceptors (Lipinski definition) is 4. The maximum absolute atomic E-state index is 6.67. The molecule has 0 aliphatic rings. The van der Waals surface area contributed by atoms with Crippen molar-refractivity contribution in [2.75, 3.05) is 0 Å². The third kappa shape index (κ3) is 4.66. The monoisotopic (exact) mass is 714 g/mol. The molecule has 4 nitrogen and oxygen atoms in total. The lowest BCUT2D eigenvalue weighted by Crippen LogP contribution is -1.96. The van der Waals surface area contributed by atoms with Crippen LogP contribution in [0.1, 0.15) is 0 Å². The van der Waals surface area contributed by atoms with Crippen LogP contribution in [0.4, 0.5) is 0 Å². The first-order valence-electron chi connectivity index (χ1n) is 18.9. The summed E-state index contributed by atoms with van der Waals surface area (Å²) in [6.45, 7) is 0. The van der Waals surface area contributed by atoms with Gasteiger partial charge in [0.15, 0.2) is 5.82 Å². The number of fused-ring (bicyclic) bond motifs is 6. The van der Waals surface area contributed by atoms with Gasteiger partial charge in [-0.3, -0.25) is 0 Å². The van der Waals surface area contributed by atoms with Crippen LogP contribution >= 0.6 is 0 Å². The van der Waals surface area contributed by atoms with Crippen molar-refractivity contribution in [1.29, 1.82) is 0 Å². The molecule has 260 valence electrons. The fourth-order valence-electron chi connectivity index (χ4n) is 8.76. The fourth-order valence-corrected chi connectivity index (χ4v) is 8.76. The highest BCUT2D eigenvalue weighted by atomic mass is 16.3. The molecule has 0 bridgehead atoms. The molecule has 0 aliphatic heterocycles. The smallest absolute Gasteiger partial charge is 0.160 e. The van der Waals surface area contributed by atoms with Gasteiger partial charge in [-0.15, -0.1) is 0 Å². The van der Waals surface area contributed by atoms with Crippen molar-refractivity contribution in [2.24, 2.45) is 0 Å². The van der Waals surface area contributed by atoms with E-state index in [2.05, 4.69) is 146 Å². The van der Waals surface area contributed by atoms with E-state index >= 15 is 0 Å². The molecule has 12 aromatic rings. The lowest BCUT2D eigenvalue weighted by Gasteiger charge is -2.13. The average molecular weight is 715 g/mol. The van der Waals surface area contributed by atoms with Gasteiger partial charge in [-0.25, -0.2) is 9.97 Å². The van der Waals surface area contributed by atoms with Gasteiger partial charge in [-0.1, -0.05) is 140 Å². The lowest BCUT2D eigenvalue weighted by molar-refractivity contribution is 0.669. The molecule has 0 amide bonds. The standard InChI is InChI=1S/C52H30N2O2/c1-3-12-31(13-4-1)42-30-43(32-14-5-2-6-15-32)54-52(53-42)35-17-7-16-33(28-35)37-19-9-23-44-49(37)40-27-26-34(29-47(40)56-44)36-18-8-20-38-39-21-10-24-45-50(39)51-41(48(36)38)22-11-25-46(51)55-45/h1-30H. The van der Waals surface area contributed by atoms with E-state index in [0.29, 0.717) is 5.82 Å². The van der Waals surface area contributed by atoms with Gasteiger partial charge in [0.1, 0.15) is 22.3 Å². The van der Waals surface area contributed by atoms with E-state index < -0.39 is 0 Å². The van der Waals surface area contributed by atoms with E-state index in [9.17, 15) is 0 Å². The van der Waals surface area contributed by atoms with Gasteiger partial charge in [-0.05, 0) is 86.3 Å². The van der Waals surface area contributed by atoms with Crippen LogP contribution in [0.2, 0.25) is 0 Å². The highest BCUT2D eigenvalue weighted by Crippen LogP contribution is 2.46. The van der Waals surface area contributed by atoms with E-state index in [-0.39, 0.29) is 0 Å². The quantitative estimate of drug-likeness (QED) is 0.167. The summed E-state index contributed by atoms with van der Waals surface area (Å²) in [5.74, 6) is 0.682. The van der Waals surface area contributed by atoms with Crippen molar-refractivity contribution in [3.8, 4) is 56.2 Å². The second-order valence-electron chi connectivity index (χ2n) is 14.5. The predicted octanol–water partition coefficient (Wildman–Crippen LogP) is 14.4. The lowest BCUT2D eigenvalue weighted by atomic mass is 9.89. The number of furan rings is 2. The van der Waals surface area contributed by atoms with Crippen LogP contribution in [-0.2, 0) is 0 Å². The van der Waals surface area contributed by atoms with E-state index in [0.717, 1.165) is 77.9 Å². The summed E-state index contributed by atoms with van der Waals surface area (Å²) < 4.78 is 13.0. The third-order valence-corrected chi connectivity index (χ3v) is 11.3. The first kappa shape index (κ1) is 30.9. The molecule has 0 radical (unpaired) electrons. The third-order valence-electron chi connectivity index (χ3n) is 11.3. The molecule has 0 spiro atoms. The zero-order chi connectivity index (χ0) is 36.7. The van der Waals surface area contributed by atoms with Gasteiger partial charge in [0.2, 0.25) is 0 Å². The second kappa shape index (κ2) is 12.0. The minimum Gasteiger partial charge on any atom is -0.456 e. The number of aromatic nitrogens is 2. The van der Waals surface area contributed by atoms with Crippen molar-refractivity contribution in [1.82, 2.24) is 9.97 Å². The first-order valence-corrected chi connectivity index (χ1v) is 18.9. The molecule has 56 heavy (non-hydrogen) atoms. The van der Waals surface area contributed by atoms with Crippen molar-refractivity contribution in [3.05, 3.63) is 182 Å². The van der Waals surface area contributed by atoms with Crippen LogP contribution in [0.3, 0.4) is 0 Å². The van der Waals surface area contributed by atoms with E-state index in [1.165, 1.54) is 37.9 Å². The Hall–Kier alpha value is -7.56. The summed E-state index contributed by atoms with van der Waals surface area (Å²) in [4.78, 5) is 10.2. The number of rotatable bonds is 5. The minimum absolute atomic E-state index is 0.682. The normalized spacial score (nSPS) is 11.9. The van der Waals surface area contributed by atoms with Gasteiger partial charge >= 0.3 is 0 Å². The van der Waals surface area contributed by atoms with E-state index in [1.807, 2.05) is 36.4 Å². The Morgan fingerprint density at radius 2 is 0.786 bits per heavy atom. The minimum atomic E-state index is 0.682. The zero-order valence-electron chi connectivity index (χ0n) is 30.0. The van der Waals surface area contributed by atoms with Crippen LogP contribution in [0.5, 0.6) is 0 Å². The summed E-state index contributed by atoms with van der Waals surface area (Å²) >= 11 is 0. The topological polar surface area (TPSA) is 52.1 Å². The molecule has 3 heterocycles. The van der Waals surface area contributed by atoms with E-state index in [1.54, 1.807) is 0 Å². The van der Waals surface area contributed by atoms with E-state index in [4.69, 9.17) is 18.8 Å². The van der Waals surface area contributed by atoms with Crippen LogP contribution in [-0.4, -0.2) is 9.97 Å². The van der Waals surface area contributed by atoms with Gasteiger partial charge < -0.3 is 8.83 Å². The number of hydrogen-bond donors (Lipinski definition) is 0. The van der Waals surface area contributed by atoms with Crippen LogP contribution in [0.25, 0.3) is 122 Å². The average Bonchev–Trinajstić information content (AvgIpc) is 3.85. The summed E-state index contributed by atoms with van der Waals surface area (Å²) in [5, 5.41) is 9.39. The second-order valence-corrected chi connectivity index (χ2v) is 14.5. The Morgan fingerprint density at radius 1 is 0.286 bits per heavy atom. The van der Waals surface area contributed by atoms with Crippen molar-refractivity contribution >= 4 is 65.4 Å². The summed E-state index contributed by atoms with van der Waals surface area (Å²) in [7, 11) is 0. The summed E-state index contributed by atoms with van der Waals surface area (Å²) in [6, 6.07) is 63.6. The highest BCUT2D eigenvalue weighted by Gasteiger charge is 2.20. The van der Waals surface area contributed by atoms with Gasteiger partial charge in [0.25, 0.3) is 0 Å². The molecule has 0 atom stereocenters.